The Morgan fingerprint density at radius 1 is 1.80 bits per heavy atom. The van der Waals surface area contributed by atoms with Crippen LogP contribution >= 0.6 is 27.3 Å². The molecule has 1 aromatic heterocycles. The van der Waals surface area contributed by atoms with E-state index in [0.717, 1.165) is 6.42 Å². The van der Waals surface area contributed by atoms with Gasteiger partial charge in [0.1, 0.15) is 0 Å². The van der Waals surface area contributed by atoms with Crippen LogP contribution in [-0.2, 0) is 6.42 Å². The van der Waals surface area contributed by atoms with Crippen LogP contribution in [0.1, 0.15) is 12.5 Å². The molecule has 0 saturated heterocycles. The maximum atomic E-state index is 5.62. The van der Waals surface area contributed by atoms with E-state index in [9.17, 15) is 0 Å². The SMILES string of the molecule is C[C@@H](N)Cc1csc(Br)c1. The molecule has 2 N–H and O–H groups in total. The summed E-state index contributed by atoms with van der Waals surface area (Å²) in [7, 11) is 0. The van der Waals surface area contributed by atoms with Crippen LogP contribution in [0.15, 0.2) is 15.2 Å². The van der Waals surface area contributed by atoms with E-state index in [2.05, 4.69) is 27.4 Å². The Hall–Kier alpha value is 0.140. The lowest BCUT2D eigenvalue weighted by Crippen LogP contribution is -2.17. The van der Waals surface area contributed by atoms with Gasteiger partial charge in [0.2, 0.25) is 0 Å². The molecule has 0 spiro atoms. The lowest BCUT2D eigenvalue weighted by molar-refractivity contribution is 0.740. The third kappa shape index (κ3) is 2.40. The Labute approximate surface area is 73.4 Å². The zero-order valence-corrected chi connectivity index (χ0v) is 8.21. The van der Waals surface area contributed by atoms with Crippen LogP contribution < -0.4 is 5.73 Å². The van der Waals surface area contributed by atoms with Crippen LogP contribution in [0.2, 0.25) is 0 Å². The molecule has 0 aromatic carbocycles. The number of hydrogen-bond donors (Lipinski definition) is 1. The van der Waals surface area contributed by atoms with Crippen LogP contribution in [-0.4, -0.2) is 6.04 Å². The number of halogens is 1. The molecule has 0 saturated carbocycles. The first-order valence-electron chi connectivity index (χ1n) is 3.17. The van der Waals surface area contributed by atoms with Crippen LogP contribution in [0.3, 0.4) is 0 Å². The molecule has 0 amide bonds. The molecule has 3 heteroatoms. The summed E-state index contributed by atoms with van der Waals surface area (Å²) in [5, 5.41) is 2.13. The molecule has 1 heterocycles. The predicted molar refractivity (Wildman–Crippen MR) is 49.4 cm³/mol. The molecule has 1 rings (SSSR count). The molecule has 0 fully saturated rings. The van der Waals surface area contributed by atoms with Crippen LogP contribution in [0, 0.1) is 0 Å². The van der Waals surface area contributed by atoms with Gasteiger partial charge in [0.05, 0.1) is 3.79 Å². The van der Waals surface area contributed by atoms with Crippen molar-refractivity contribution in [3.63, 3.8) is 0 Å². The quantitative estimate of drug-likeness (QED) is 0.813. The number of hydrogen-bond acceptors (Lipinski definition) is 2. The largest absolute Gasteiger partial charge is 0.328 e. The average Bonchev–Trinajstić information content (AvgIpc) is 2.13. The highest BCUT2D eigenvalue weighted by atomic mass is 79.9. The van der Waals surface area contributed by atoms with E-state index in [1.807, 2.05) is 6.92 Å². The van der Waals surface area contributed by atoms with Gasteiger partial charge in [0.15, 0.2) is 0 Å². The van der Waals surface area contributed by atoms with E-state index in [-0.39, 0.29) is 6.04 Å². The molecule has 1 nitrogen and oxygen atoms in total. The highest BCUT2D eigenvalue weighted by molar-refractivity contribution is 9.11. The minimum absolute atomic E-state index is 0.265. The Kier molecular flexibility index (Phi) is 2.89. The molecule has 0 aliphatic carbocycles. The van der Waals surface area contributed by atoms with E-state index in [4.69, 9.17) is 5.73 Å². The van der Waals surface area contributed by atoms with Gasteiger partial charge in [-0.2, -0.15) is 0 Å². The summed E-state index contributed by atoms with van der Waals surface area (Å²) in [6.45, 7) is 2.02. The van der Waals surface area contributed by atoms with E-state index < -0.39 is 0 Å². The van der Waals surface area contributed by atoms with Crippen molar-refractivity contribution in [2.45, 2.75) is 19.4 Å². The van der Waals surface area contributed by atoms with E-state index in [0.29, 0.717) is 0 Å². The summed E-state index contributed by atoms with van der Waals surface area (Å²) < 4.78 is 1.18. The fourth-order valence-electron chi connectivity index (χ4n) is 0.825. The van der Waals surface area contributed by atoms with E-state index in [1.165, 1.54) is 9.35 Å². The molecule has 10 heavy (non-hydrogen) atoms. The smallest absolute Gasteiger partial charge is 0.0701 e. The summed E-state index contributed by atoms with van der Waals surface area (Å²) >= 11 is 5.11. The highest BCUT2D eigenvalue weighted by Gasteiger charge is 1.99. The summed E-state index contributed by atoms with van der Waals surface area (Å²) in [6.07, 6.45) is 0.974. The van der Waals surface area contributed by atoms with Crippen LogP contribution in [0.5, 0.6) is 0 Å². The third-order valence-electron chi connectivity index (χ3n) is 1.18. The average molecular weight is 220 g/mol. The molecule has 0 radical (unpaired) electrons. The molecule has 0 aliphatic rings. The van der Waals surface area contributed by atoms with Gasteiger partial charge >= 0.3 is 0 Å². The maximum absolute atomic E-state index is 5.62. The van der Waals surface area contributed by atoms with Crippen molar-refractivity contribution in [2.75, 3.05) is 0 Å². The topological polar surface area (TPSA) is 26.0 Å². The Morgan fingerprint density at radius 3 is 2.90 bits per heavy atom. The van der Waals surface area contributed by atoms with Gasteiger partial charge in [0, 0.05) is 6.04 Å². The normalized spacial score (nSPS) is 13.5. The monoisotopic (exact) mass is 219 g/mol. The zero-order valence-electron chi connectivity index (χ0n) is 5.80. The first-order chi connectivity index (χ1) is 4.68. The Morgan fingerprint density at radius 2 is 2.50 bits per heavy atom. The van der Waals surface area contributed by atoms with Crippen molar-refractivity contribution < 1.29 is 0 Å². The standard InChI is InChI=1S/C7H10BrNS/c1-5(9)2-6-3-7(8)10-4-6/h3-5H,2,9H2,1H3/t5-/m1/s1. The van der Waals surface area contributed by atoms with Crippen molar-refractivity contribution >= 4 is 27.3 Å². The summed E-state index contributed by atoms with van der Waals surface area (Å²) in [6, 6.07) is 2.38. The Balaban J connectivity index is 2.58. The molecular weight excluding hydrogens is 210 g/mol. The molecular formula is C7H10BrNS. The number of rotatable bonds is 2. The van der Waals surface area contributed by atoms with Gasteiger partial charge in [-0.15, -0.1) is 11.3 Å². The van der Waals surface area contributed by atoms with Gasteiger partial charge in [0.25, 0.3) is 0 Å². The molecule has 56 valence electrons. The lowest BCUT2D eigenvalue weighted by atomic mass is 10.1. The minimum Gasteiger partial charge on any atom is -0.328 e. The summed E-state index contributed by atoms with van der Waals surface area (Å²) in [5.74, 6) is 0. The van der Waals surface area contributed by atoms with Crippen LogP contribution in [0.4, 0.5) is 0 Å². The van der Waals surface area contributed by atoms with Crippen molar-refractivity contribution in [3.8, 4) is 0 Å². The molecule has 0 bridgehead atoms. The van der Waals surface area contributed by atoms with Crippen molar-refractivity contribution in [1.29, 1.82) is 0 Å². The van der Waals surface area contributed by atoms with Crippen LogP contribution in [0.25, 0.3) is 0 Å². The molecule has 0 aliphatic heterocycles. The highest BCUT2D eigenvalue weighted by Crippen LogP contribution is 2.21. The van der Waals surface area contributed by atoms with Gasteiger partial charge < -0.3 is 5.73 Å². The second kappa shape index (κ2) is 3.51. The van der Waals surface area contributed by atoms with Crippen molar-refractivity contribution in [3.05, 3.63) is 20.8 Å². The molecule has 0 unspecified atom stereocenters. The van der Waals surface area contributed by atoms with Crippen molar-refractivity contribution in [2.24, 2.45) is 5.73 Å². The van der Waals surface area contributed by atoms with Crippen molar-refractivity contribution in [1.82, 2.24) is 0 Å². The third-order valence-corrected chi connectivity index (χ3v) is 2.73. The second-order valence-electron chi connectivity index (χ2n) is 2.44. The summed E-state index contributed by atoms with van der Waals surface area (Å²) in [5.41, 5.74) is 6.95. The van der Waals surface area contributed by atoms with Gasteiger partial charge in [-0.3, -0.25) is 0 Å². The first-order valence-corrected chi connectivity index (χ1v) is 4.84. The van der Waals surface area contributed by atoms with Gasteiger partial charge in [-0.25, -0.2) is 0 Å². The van der Waals surface area contributed by atoms with E-state index in [1.54, 1.807) is 11.3 Å². The summed E-state index contributed by atoms with van der Waals surface area (Å²) in [4.78, 5) is 0. The first kappa shape index (κ1) is 8.24. The van der Waals surface area contributed by atoms with Gasteiger partial charge in [-0.05, 0) is 46.3 Å². The second-order valence-corrected chi connectivity index (χ2v) is 4.73. The van der Waals surface area contributed by atoms with Gasteiger partial charge in [-0.1, -0.05) is 0 Å². The fraction of sp³-hybridized carbons (Fsp3) is 0.429. The van der Waals surface area contributed by atoms with E-state index >= 15 is 0 Å². The number of nitrogens with two attached hydrogens (primary N) is 1. The minimum atomic E-state index is 0.265. The molecule has 1 aromatic rings. The number of thiophene rings is 1. The fourth-order valence-corrected chi connectivity index (χ4v) is 2.05. The molecule has 1 atom stereocenters. The Bertz CT molecular complexity index is 207. The maximum Gasteiger partial charge on any atom is 0.0701 e. The predicted octanol–water partition coefficient (Wildman–Crippen LogP) is 2.40. The zero-order chi connectivity index (χ0) is 7.56. The lowest BCUT2D eigenvalue weighted by Gasteiger charge is -1.99.